The molecule has 0 atom stereocenters. The molecule has 2 rings (SSSR count). The molecule has 0 aliphatic carbocycles. The summed E-state index contributed by atoms with van der Waals surface area (Å²) in [6.45, 7) is 0.207. The van der Waals surface area contributed by atoms with Gasteiger partial charge in [0.2, 0.25) is 0 Å². The normalized spacial score (nSPS) is 11.9. The lowest BCUT2D eigenvalue weighted by Gasteiger charge is -2.08. The van der Waals surface area contributed by atoms with Crippen LogP contribution in [0.2, 0.25) is 0 Å². The highest BCUT2D eigenvalue weighted by molar-refractivity contribution is 5.38. The Kier molecular flexibility index (Phi) is 3.76. The van der Waals surface area contributed by atoms with Gasteiger partial charge < -0.3 is 5.73 Å². The number of hydrogen-bond acceptors (Lipinski definition) is 2. The van der Waals surface area contributed by atoms with Gasteiger partial charge in [-0.2, -0.15) is 18.3 Å². The number of aromatic nitrogens is 2. The first-order valence-corrected chi connectivity index (χ1v) is 5.64. The average Bonchev–Trinajstić information content (AvgIpc) is 2.77. The molecule has 0 unspecified atom stereocenters. The minimum absolute atomic E-state index is 0.207. The second kappa shape index (κ2) is 5.20. The molecule has 108 valence electrons. The molecule has 1 heterocycles. The minimum Gasteiger partial charge on any atom is -0.330 e. The Morgan fingerprint density at radius 1 is 1.15 bits per heavy atom. The summed E-state index contributed by atoms with van der Waals surface area (Å²) >= 11 is 0. The van der Waals surface area contributed by atoms with Gasteiger partial charge in [-0.1, -0.05) is 0 Å². The van der Waals surface area contributed by atoms with Crippen LogP contribution in [-0.2, 0) is 12.6 Å². The number of nitrogens with two attached hydrogens (primary N) is 1. The molecular formula is C12H10F5N3. The van der Waals surface area contributed by atoms with E-state index in [0.717, 1.165) is 18.3 Å². The molecule has 3 nitrogen and oxygen atoms in total. The molecule has 20 heavy (non-hydrogen) atoms. The molecule has 2 aromatic rings. The Morgan fingerprint density at radius 3 is 2.20 bits per heavy atom. The van der Waals surface area contributed by atoms with Crippen LogP contribution in [0.4, 0.5) is 22.0 Å². The third kappa shape index (κ3) is 2.79. The average molecular weight is 291 g/mol. The Bertz CT molecular complexity index is 595. The molecule has 0 radical (unpaired) electrons. The fourth-order valence-corrected chi connectivity index (χ4v) is 1.75. The van der Waals surface area contributed by atoms with E-state index in [0.29, 0.717) is 16.3 Å². The molecule has 2 N–H and O–H groups in total. The summed E-state index contributed by atoms with van der Waals surface area (Å²) in [6.07, 6.45) is -3.55. The maximum absolute atomic E-state index is 13.8. The maximum Gasteiger partial charge on any atom is 0.435 e. The molecule has 0 saturated heterocycles. The zero-order chi connectivity index (χ0) is 14.9. The van der Waals surface area contributed by atoms with Crippen LogP contribution in [0.1, 0.15) is 11.3 Å². The first-order valence-electron chi connectivity index (χ1n) is 5.64. The quantitative estimate of drug-likeness (QED) is 0.884. The van der Waals surface area contributed by atoms with Gasteiger partial charge in [0.1, 0.15) is 5.69 Å². The molecule has 0 fully saturated rings. The van der Waals surface area contributed by atoms with E-state index in [1.807, 2.05) is 0 Å². The third-order valence-corrected chi connectivity index (χ3v) is 2.62. The van der Waals surface area contributed by atoms with Gasteiger partial charge in [0.15, 0.2) is 17.3 Å². The first kappa shape index (κ1) is 14.4. The van der Waals surface area contributed by atoms with Crippen LogP contribution in [-0.4, -0.2) is 16.3 Å². The molecule has 0 saturated carbocycles. The van der Waals surface area contributed by atoms with E-state index in [-0.39, 0.29) is 13.0 Å². The summed E-state index contributed by atoms with van der Waals surface area (Å²) in [4.78, 5) is 0. The van der Waals surface area contributed by atoms with Crippen molar-refractivity contribution in [3.05, 3.63) is 47.3 Å². The van der Waals surface area contributed by atoms with Crippen molar-refractivity contribution in [2.24, 2.45) is 5.73 Å². The fourth-order valence-electron chi connectivity index (χ4n) is 1.75. The number of rotatable bonds is 3. The lowest BCUT2D eigenvalue weighted by molar-refractivity contribution is -0.141. The number of alkyl halides is 3. The number of benzene rings is 1. The largest absolute Gasteiger partial charge is 0.435 e. The van der Waals surface area contributed by atoms with Gasteiger partial charge in [-0.15, -0.1) is 0 Å². The summed E-state index contributed by atoms with van der Waals surface area (Å²) in [7, 11) is 0. The minimum atomic E-state index is -4.67. The zero-order valence-corrected chi connectivity index (χ0v) is 10.1. The van der Waals surface area contributed by atoms with Gasteiger partial charge in [-0.05, 0) is 36.7 Å². The van der Waals surface area contributed by atoms with Crippen LogP contribution in [0.25, 0.3) is 5.69 Å². The van der Waals surface area contributed by atoms with E-state index in [2.05, 4.69) is 5.10 Å². The summed E-state index contributed by atoms with van der Waals surface area (Å²) < 4.78 is 65.3. The Balaban J connectivity index is 2.45. The Morgan fingerprint density at radius 2 is 1.75 bits per heavy atom. The van der Waals surface area contributed by atoms with Crippen LogP contribution < -0.4 is 5.73 Å². The summed E-state index contributed by atoms with van der Waals surface area (Å²) in [5, 5.41) is 3.14. The molecular weight excluding hydrogens is 281 g/mol. The molecule has 1 aromatic heterocycles. The topological polar surface area (TPSA) is 43.8 Å². The van der Waals surface area contributed by atoms with Gasteiger partial charge in [0.05, 0.1) is 0 Å². The molecule has 0 bridgehead atoms. The maximum atomic E-state index is 13.8. The highest BCUT2D eigenvalue weighted by atomic mass is 19.4. The number of nitrogens with zero attached hydrogens (tertiary/aromatic N) is 2. The van der Waals surface area contributed by atoms with Crippen LogP contribution in [0, 0.1) is 11.6 Å². The predicted octanol–water partition coefficient (Wildman–Crippen LogP) is 2.67. The van der Waals surface area contributed by atoms with Gasteiger partial charge in [-0.3, -0.25) is 0 Å². The predicted molar refractivity (Wildman–Crippen MR) is 61.2 cm³/mol. The second-order valence-electron chi connectivity index (χ2n) is 4.09. The molecule has 0 aliphatic heterocycles. The fraction of sp³-hybridized carbons (Fsp3) is 0.250. The zero-order valence-electron chi connectivity index (χ0n) is 10.1. The Labute approximate surface area is 110 Å². The van der Waals surface area contributed by atoms with Crippen molar-refractivity contribution in [2.45, 2.75) is 12.6 Å². The van der Waals surface area contributed by atoms with E-state index in [4.69, 9.17) is 5.73 Å². The van der Waals surface area contributed by atoms with Crippen LogP contribution in [0.15, 0.2) is 24.4 Å². The van der Waals surface area contributed by atoms with Crippen molar-refractivity contribution in [2.75, 3.05) is 6.54 Å². The van der Waals surface area contributed by atoms with Crippen molar-refractivity contribution < 1.29 is 22.0 Å². The van der Waals surface area contributed by atoms with Gasteiger partial charge in [0, 0.05) is 6.20 Å². The van der Waals surface area contributed by atoms with Crippen molar-refractivity contribution in [3.63, 3.8) is 0 Å². The van der Waals surface area contributed by atoms with Crippen molar-refractivity contribution >= 4 is 0 Å². The van der Waals surface area contributed by atoms with Crippen LogP contribution in [0.5, 0.6) is 0 Å². The number of hydrogen-bond donors (Lipinski definition) is 1. The van der Waals surface area contributed by atoms with Crippen molar-refractivity contribution in [1.82, 2.24) is 9.78 Å². The highest BCUT2D eigenvalue weighted by Crippen LogP contribution is 2.28. The van der Waals surface area contributed by atoms with E-state index < -0.39 is 29.2 Å². The third-order valence-electron chi connectivity index (χ3n) is 2.62. The monoisotopic (exact) mass is 291 g/mol. The smallest absolute Gasteiger partial charge is 0.330 e. The summed E-state index contributed by atoms with van der Waals surface area (Å²) in [5.74, 6) is -1.99. The molecule has 0 spiro atoms. The SMILES string of the molecule is NCCc1cc(F)c(-n2ccc(C(F)(F)F)n2)c(F)c1. The molecule has 0 amide bonds. The van der Waals surface area contributed by atoms with Crippen LogP contribution >= 0.6 is 0 Å². The van der Waals surface area contributed by atoms with Gasteiger partial charge >= 0.3 is 6.18 Å². The van der Waals surface area contributed by atoms with Crippen LogP contribution in [0.3, 0.4) is 0 Å². The lowest BCUT2D eigenvalue weighted by Crippen LogP contribution is -2.10. The van der Waals surface area contributed by atoms with Gasteiger partial charge in [0.25, 0.3) is 0 Å². The highest BCUT2D eigenvalue weighted by Gasteiger charge is 2.34. The van der Waals surface area contributed by atoms with Gasteiger partial charge in [-0.25, -0.2) is 13.5 Å². The number of halogens is 5. The van der Waals surface area contributed by atoms with E-state index in [9.17, 15) is 22.0 Å². The lowest BCUT2D eigenvalue weighted by atomic mass is 10.1. The standard InChI is InChI=1S/C12H10F5N3/c13-8-5-7(1-3-18)6-9(14)11(8)20-4-2-10(19-20)12(15,16)17/h2,4-6H,1,3,18H2. The first-order chi connectivity index (χ1) is 9.32. The van der Waals surface area contributed by atoms with E-state index in [1.165, 1.54) is 0 Å². The molecule has 0 aliphatic rings. The molecule has 8 heteroatoms. The van der Waals surface area contributed by atoms with Crippen molar-refractivity contribution in [3.8, 4) is 5.69 Å². The Hall–Kier alpha value is -1.96. The molecule has 1 aromatic carbocycles. The van der Waals surface area contributed by atoms with Crippen molar-refractivity contribution in [1.29, 1.82) is 0 Å². The van der Waals surface area contributed by atoms with E-state index >= 15 is 0 Å². The summed E-state index contributed by atoms with van der Waals surface area (Å²) in [6, 6.07) is 2.70. The summed E-state index contributed by atoms with van der Waals surface area (Å²) in [5.41, 5.74) is 3.73. The van der Waals surface area contributed by atoms with E-state index in [1.54, 1.807) is 0 Å². The second-order valence-corrected chi connectivity index (χ2v) is 4.09.